The fourth-order valence-corrected chi connectivity index (χ4v) is 2.42. The first-order valence-corrected chi connectivity index (χ1v) is 8.13. The van der Waals surface area contributed by atoms with Crippen LogP contribution < -0.4 is 5.32 Å². The maximum atomic E-state index is 12.4. The molecule has 9 nitrogen and oxygen atoms in total. The molecule has 0 aliphatic rings. The van der Waals surface area contributed by atoms with Gasteiger partial charge in [-0.15, -0.1) is 0 Å². The molecule has 0 fully saturated rings. The van der Waals surface area contributed by atoms with E-state index in [0.717, 1.165) is 16.8 Å². The van der Waals surface area contributed by atoms with Crippen LogP contribution in [0.5, 0.6) is 0 Å². The highest BCUT2D eigenvalue weighted by molar-refractivity contribution is 5.74. The van der Waals surface area contributed by atoms with Crippen LogP contribution in [0.25, 0.3) is 11.4 Å². The summed E-state index contributed by atoms with van der Waals surface area (Å²) in [6, 6.07) is 2.88. The molecule has 0 aliphatic heterocycles. The van der Waals surface area contributed by atoms with E-state index in [1.807, 2.05) is 13.8 Å². The fraction of sp³-hybridized carbons (Fsp3) is 0.353. The highest BCUT2D eigenvalue weighted by atomic mass is 16.5. The van der Waals surface area contributed by atoms with Crippen LogP contribution in [0.2, 0.25) is 0 Å². The summed E-state index contributed by atoms with van der Waals surface area (Å²) in [6.45, 7) is 5.85. The van der Waals surface area contributed by atoms with Crippen molar-refractivity contribution in [2.75, 3.05) is 7.05 Å². The second-order valence-electron chi connectivity index (χ2n) is 6.02. The second kappa shape index (κ2) is 7.34. The number of amides is 2. The lowest BCUT2D eigenvalue weighted by Gasteiger charge is -2.19. The highest BCUT2D eigenvalue weighted by Crippen LogP contribution is 2.18. The molecule has 3 aromatic rings. The highest BCUT2D eigenvalue weighted by Gasteiger charge is 2.21. The van der Waals surface area contributed by atoms with E-state index in [-0.39, 0.29) is 6.03 Å². The van der Waals surface area contributed by atoms with Gasteiger partial charge in [0.2, 0.25) is 11.7 Å². The summed E-state index contributed by atoms with van der Waals surface area (Å²) in [6.07, 6.45) is 3.31. The van der Waals surface area contributed by atoms with Crippen molar-refractivity contribution < 1.29 is 13.8 Å². The van der Waals surface area contributed by atoms with Crippen molar-refractivity contribution in [2.45, 2.75) is 33.4 Å². The zero-order chi connectivity index (χ0) is 18.7. The number of aromatic nitrogens is 4. The van der Waals surface area contributed by atoms with Crippen LogP contribution in [-0.4, -0.2) is 38.3 Å². The third-order valence-electron chi connectivity index (χ3n) is 4.01. The maximum absolute atomic E-state index is 12.4. The van der Waals surface area contributed by atoms with Gasteiger partial charge in [-0.05, 0) is 32.9 Å². The molecule has 2 amide bonds. The van der Waals surface area contributed by atoms with E-state index < -0.39 is 6.04 Å². The smallest absolute Gasteiger partial charge is 0.318 e. The van der Waals surface area contributed by atoms with E-state index in [1.165, 1.54) is 0 Å². The summed E-state index contributed by atoms with van der Waals surface area (Å²) in [5, 5.41) is 10.7. The Morgan fingerprint density at radius 1 is 1.23 bits per heavy atom. The molecule has 3 aromatic heterocycles. The van der Waals surface area contributed by atoms with E-state index in [9.17, 15) is 4.79 Å². The van der Waals surface area contributed by atoms with E-state index in [4.69, 9.17) is 9.05 Å². The zero-order valence-electron chi connectivity index (χ0n) is 15.1. The number of rotatable bonds is 5. The third kappa shape index (κ3) is 3.71. The molecule has 3 rings (SSSR count). The molecule has 3 heterocycles. The average molecular weight is 356 g/mol. The number of nitrogens with one attached hydrogen (secondary N) is 1. The molecule has 1 unspecified atom stereocenters. The van der Waals surface area contributed by atoms with Crippen molar-refractivity contribution in [3.63, 3.8) is 0 Å². The number of urea groups is 1. The molecule has 0 radical (unpaired) electrons. The molecule has 136 valence electrons. The van der Waals surface area contributed by atoms with E-state index in [0.29, 0.717) is 24.0 Å². The summed E-state index contributed by atoms with van der Waals surface area (Å²) in [4.78, 5) is 22.3. The lowest BCUT2D eigenvalue weighted by atomic mass is 10.2. The molecule has 9 heteroatoms. The molecular formula is C17H20N6O3. The van der Waals surface area contributed by atoms with E-state index in [2.05, 4.69) is 25.6 Å². The Morgan fingerprint density at radius 2 is 1.96 bits per heavy atom. The van der Waals surface area contributed by atoms with Crippen LogP contribution in [0.3, 0.4) is 0 Å². The lowest BCUT2D eigenvalue weighted by molar-refractivity contribution is 0.200. The Kier molecular flexibility index (Phi) is 4.97. The van der Waals surface area contributed by atoms with Crippen molar-refractivity contribution in [3.8, 4) is 11.4 Å². The number of aryl methyl sites for hydroxylation is 2. The lowest BCUT2D eigenvalue weighted by Crippen LogP contribution is -2.38. The van der Waals surface area contributed by atoms with Crippen LogP contribution in [-0.2, 0) is 6.54 Å². The summed E-state index contributed by atoms with van der Waals surface area (Å²) in [5.74, 6) is 1.48. The second-order valence-corrected chi connectivity index (χ2v) is 6.02. The summed E-state index contributed by atoms with van der Waals surface area (Å²) < 4.78 is 10.4. The fourth-order valence-electron chi connectivity index (χ4n) is 2.42. The van der Waals surface area contributed by atoms with Gasteiger partial charge < -0.3 is 19.3 Å². The third-order valence-corrected chi connectivity index (χ3v) is 4.01. The molecule has 0 aromatic carbocycles. The van der Waals surface area contributed by atoms with Gasteiger partial charge in [-0.3, -0.25) is 4.98 Å². The monoisotopic (exact) mass is 356 g/mol. The van der Waals surface area contributed by atoms with Gasteiger partial charge in [0.05, 0.1) is 12.2 Å². The normalized spacial score (nSPS) is 12.0. The number of carbonyl (C=O) groups excluding carboxylic acids is 1. The van der Waals surface area contributed by atoms with E-state index in [1.54, 1.807) is 43.4 Å². The SMILES string of the molecule is Cc1noc(C)c1CN(C)C(=O)NC(C)c1nc(-c2ccncc2)no1. The molecule has 0 saturated carbocycles. The quantitative estimate of drug-likeness (QED) is 0.748. The van der Waals surface area contributed by atoms with Gasteiger partial charge in [-0.2, -0.15) is 4.98 Å². The van der Waals surface area contributed by atoms with Gasteiger partial charge in [-0.1, -0.05) is 10.3 Å². The zero-order valence-corrected chi connectivity index (χ0v) is 15.1. The minimum atomic E-state index is -0.433. The standard InChI is InChI=1S/C17H20N6O3/c1-10-14(12(3)25-21-10)9-23(4)17(24)19-11(2)16-20-15(22-26-16)13-5-7-18-8-6-13/h5-8,11H,9H2,1-4H3,(H,19,24). The van der Waals surface area contributed by atoms with Crippen molar-refractivity contribution in [2.24, 2.45) is 0 Å². The van der Waals surface area contributed by atoms with Crippen molar-refractivity contribution in [1.29, 1.82) is 0 Å². The average Bonchev–Trinajstić information content (AvgIpc) is 3.25. The first kappa shape index (κ1) is 17.6. The molecule has 0 aliphatic carbocycles. The van der Waals surface area contributed by atoms with Crippen LogP contribution in [0.1, 0.15) is 35.9 Å². The van der Waals surface area contributed by atoms with Gasteiger partial charge >= 0.3 is 6.03 Å². The minimum Gasteiger partial charge on any atom is -0.361 e. The van der Waals surface area contributed by atoms with Crippen molar-refractivity contribution >= 4 is 6.03 Å². The van der Waals surface area contributed by atoms with Gasteiger partial charge in [0.25, 0.3) is 0 Å². The Labute approximate surface area is 150 Å². The first-order chi connectivity index (χ1) is 12.5. The number of carbonyl (C=O) groups is 1. The van der Waals surface area contributed by atoms with Gasteiger partial charge in [0, 0.05) is 30.6 Å². The molecular weight excluding hydrogens is 336 g/mol. The van der Waals surface area contributed by atoms with Crippen LogP contribution in [0.4, 0.5) is 4.79 Å². The van der Waals surface area contributed by atoms with Gasteiger partial charge in [0.1, 0.15) is 11.8 Å². The number of pyridine rings is 1. The van der Waals surface area contributed by atoms with Crippen LogP contribution in [0, 0.1) is 13.8 Å². The Hall–Kier alpha value is -3.23. The predicted molar refractivity (Wildman–Crippen MR) is 91.9 cm³/mol. The maximum Gasteiger partial charge on any atom is 0.318 e. The Bertz CT molecular complexity index is 870. The minimum absolute atomic E-state index is 0.263. The molecule has 0 spiro atoms. The molecule has 0 saturated heterocycles. The number of hydrogen-bond donors (Lipinski definition) is 1. The summed E-state index contributed by atoms with van der Waals surface area (Å²) in [5.41, 5.74) is 2.46. The number of nitrogens with zero attached hydrogens (tertiary/aromatic N) is 5. The Morgan fingerprint density at radius 3 is 2.62 bits per heavy atom. The van der Waals surface area contributed by atoms with Crippen LogP contribution in [0.15, 0.2) is 33.6 Å². The predicted octanol–water partition coefficient (Wildman–Crippen LogP) is 2.64. The van der Waals surface area contributed by atoms with E-state index >= 15 is 0 Å². The molecule has 1 atom stereocenters. The van der Waals surface area contributed by atoms with Crippen molar-refractivity contribution in [3.05, 3.63) is 47.4 Å². The largest absolute Gasteiger partial charge is 0.361 e. The first-order valence-electron chi connectivity index (χ1n) is 8.13. The summed E-state index contributed by atoms with van der Waals surface area (Å²) in [7, 11) is 1.70. The van der Waals surface area contributed by atoms with Gasteiger partial charge in [0.15, 0.2) is 0 Å². The topological polar surface area (TPSA) is 110 Å². The number of hydrogen-bond acceptors (Lipinski definition) is 7. The summed E-state index contributed by atoms with van der Waals surface area (Å²) >= 11 is 0. The van der Waals surface area contributed by atoms with Gasteiger partial charge in [-0.25, -0.2) is 4.79 Å². The van der Waals surface area contributed by atoms with Crippen molar-refractivity contribution in [1.82, 2.24) is 30.5 Å². The molecule has 0 bridgehead atoms. The molecule has 26 heavy (non-hydrogen) atoms. The van der Waals surface area contributed by atoms with Crippen LogP contribution >= 0.6 is 0 Å². The molecule has 1 N–H and O–H groups in total. The Balaban J connectivity index is 1.63.